The van der Waals surface area contributed by atoms with Crippen LogP contribution in [0, 0.1) is 6.92 Å². The Morgan fingerprint density at radius 3 is 1.88 bits per heavy atom. The van der Waals surface area contributed by atoms with E-state index in [0.29, 0.717) is 0 Å². The second-order valence-corrected chi connectivity index (χ2v) is 8.92. The van der Waals surface area contributed by atoms with E-state index in [4.69, 9.17) is 4.98 Å². The monoisotopic (exact) mass is 434 g/mol. The molecule has 0 saturated heterocycles. The molecular weight excluding hydrogens is 412 g/mol. The summed E-state index contributed by atoms with van der Waals surface area (Å²) >= 11 is 0. The van der Waals surface area contributed by atoms with Crippen molar-refractivity contribution in [3.63, 3.8) is 0 Å². The molecule has 34 heavy (non-hydrogen) atoms. The number of aryl methyl sites for hydroxylation is 1. The number of rotatable bonds is 2. The molecule has 0 aliphatic carbocycles. The number of hydrogen-bond acceptors (Lipinski definition) is 1. The van der Waals surface area contributed by atoms with Crippen LogP contribution in [0.1, 0.15) is 5.56 Å². The minimum atomic E-state index is 0.966. The maximum absolute atomic E-state index is 5.34. The highest BCUT2D eigenvalue weighted by molar-refractivity contribution is 6.24. The molecule has 0 N–H and O–H groups in total. The SMILES string of the molecule is Cc1ccc(-c2nc3c4ccccc4c4ccccc4c3n2-c2cccc3ccccc23)cc1. The van der Waals surface area contributed by atoms with Crippen LogP contribution in [0.25, 0.3) is 60.4 Å². The average Bonchev–Trinajstić information content (AvgIpc) is 3.30. The number of aromatic nitrogens is 2. The third kappa shape index (κ3) is 2.72. The van der Waals surface area contributed by atoms with Crippen molar-refractivity contribution in [1.29, 1.82) is 0 Å². The smallest absolute Gasteiger partial charge is 0.145 e. The van der Waals surface area contributed by atoms with Crippen LogP contribution in [-0.4, -0.2) is 9.55 Å². The van der Waals surface area contributed by atoms with Crippen molar-refractivity contribution in [2.24, 2.45) is 0 Å². The second kappa shape index (κ2) is 7.29. The van der Waals surface area contributed by atoms with Crippen molar-refractivity contribution in [1.82, 2.24) is 9.55 Å². The van der Waals surface area contributed by atoms with Gasteiger partial charge in [0.15, 0.2) is 0 Å². The summed E-state index contributed by atoms with van der Waals surface area (Å²) in [7, 11) is 0. The lowest BCUT2D eigenvalue weighted by molar-refractivity contribution is 1.12. The van der Waals surface area contributed by atoms with E-state index >= 15 is 0 Å². The third-order valence-corrected chi connectivity index (χ3v) is 6.85. The first-order valence-electron chi connectivity index (χ1n) is 11.7. The number of hydrogen-bond donors (Lipinski definition) is 0. The van der Waals surface area contributed by atoms with E-state index in [1.807, 2.05) is 0 Å². The van der Waals surface area contributed by atoms with Crippen LogP contribution in [0.5, 0.6) is 0 Å². The van der Waals surface area contributed by atoms with Gasteiger partial charge in [0.05, 0.1) is 16.7 Å². The Kier molecular flexibility index (Phi) is 4.09. The highest BCUT2D eigenvalue weighted by atomic mass is 15.1. The zero-order valence-electron chi connectivity index (χ0n) is 18.9. The van der Waals surface area contributed by atoms with Gasteiger partial charge in [-0.05, 0) is 29.1 Å². The Hall–Kier alpha value is -4.43. The van der Waals surface area contributed by atoms with E-state index in [0.717, 1.165) is 28.1 Å². The third-order valence-electron chi connectivity index (χ3n) is 6.85. The summed E-state index contributed by atoms with van der Waals surface area (Å²) < 4.78 is 2.37. The normalized spacial score (nSPS) is 11.7. The molecule has 0 spiro atoms. The first-order valence-corrected chi connectivity index (χ1v) is 11.7. The van der Waals surface area contributed by atoms with Crippen LogP contribution in [0.15, 0.2) is 115 Å². The maximum Gasteiger partial charge on any atom is 0.145 e. The minimum Gasteiger partial charge on any atom is -0.291 e. The van der Waals surface area contributed by atoms with Crippen molar-refractivity contribution in [2.45, 2.75) is 6.92 Å². The molecule has 0 saturated carbocycles. The van der Waals surface area contributed by atoms with Crippen molar-refractivity contribution in [2.75, 3.05) is 0 Å². The second-order valence-electron chi connectivity index (χ2n) is 8.92. The van der Waals surface area contributed by atoms with Crippen LogP contribution in [-0.2, 0) is 0 Å². The molecule has 0 amide bonds. The number of nitrogens with zero attached hydrogens (tertiary/aromatic N) is 2. The molecule has 0 fully saturated rings. The summed E-state index contributed by atoms with van der Waals surface area (Å²) in [6, 6.07) is 41.2. The lowest BCUT2D eigenvalue weighted by atomic mass is 9.99. The predicted molar refractivity (Wildman–Crippen MR) is 144 cm³/mol. The molecule has 2 heteroatoms. The van der Waals surface area contributed by atoms with Crippen LogP contribution in [0.2, 0.25) is 0 Å². The molecule has 2 nitrogen and oxygen atoms in total. The Morgan fingerprint density at radius 2 is 1.12 bits per heavy atom. The Balaban J connectivity index is 1.75. The summed E-state index contributed by atoms with van der Waals surface area (Å²) in [5.41, 5.74) is 5.70. The van der Waals surface area contributed by atoms with Crippen molar-refractivity contribution >= 4 is 43.4 Å². The van der Waals surface area contributed by atoms with Gasteiger partial charge in [-0.1, -0.05) is 115 Å². The van der Waals surface area contributed by atoms with Gasteiger partial charge in [0.25, 0.3) is 0 Å². The fraction of sp³-hybridized carbons (Fsp3) is 0.0312. The van der Waals surface area contributed by atoms with E-state index < -0.39 is 0 Å². The highest BCUT2D eigenvalue weighted by Crippen LogP contribution is 2.40. The molecule has 0 bridgehead atoms. The summed E-state index contributed by atoms with van der Waals surface area (Å²) in [5, 5.41) is 7.33. The summed E-state index contributed by atoms with van der Waals surface area (Å²) in [6.45, 7) is 2.12. The molecule has 0 aliphatic heterocycles. The lowest BCUT2D eigenvalue weighted by Gasteiger charge is -2.14. The average molecular weight is 435 g/mol. The van der Waals surface area contributed by atoms with Crippen LogP contribution in [0.3, 0.4) is 0 Å². The maximum atomic E-state index is 5.34. The molecule has 160 valence electrons. The molecule has 6 aromatic carbocycles. The van der Waals surface area contributed by atoms with E-state index in [-0.39, 0.29) is 0 Å². The van der Waals surface area contributed by atoms with Gasteiger partial charge in [0.1, 0.15) is 5.82 Å². The molecule has 7 aromatic rings. The molecule has 7 rings (SSSR count). The number of benzene rings is 6. The molecule has 0 atom stereocenters. The van der Waals surface area contributed by atoms with E-state index in [1.165, 1.54) is 37.9 Å². The van der Waals surface area contributed by atoms with Crippen molar-refractivity contribution < 1.29 is 0 Å². The standard InChI is InChI=1S/C32H22N2/c1-21-17-19-23(20-18-21)32-33-30-27-14-6-4-12-25(27)26-13-5-7-15-28(26)31(30)34(32)29-16-8-10-22-9-2-3-11-24(22)29/h2-20H,1H3. The van der Waals surface area contributed by atoms with Crippen LogP contribution >= 0.6 is 0 Å². The Bertz CT molecular complexity index is 1850. The van der Waals surface area contributed by atoms with Crippen LogP contribution < -0.4 is 0 Å². The predicted octanol–water partition coefficient (Wildman–Crippen LogP) is 8.46. The Labute approximate surface area is 197 Å². The van der Waals surface area contributed by atoms with Crippen molar-refractivity contribution in [3.05, 3.63) is 121 Å². The largest absolute Gasteiger partial charge is 0.291 e. The molecule has 1 aromatic heterocycles. The lowest BCUT2D eigenvalue weighted by Crippen LogP contribution is -1.99. The number of imidazole rings is 1. The first-order chi connectivity index (χ1) is 16.8. The molecule has 0 unspecified atom stereocenters. The van der Waals surface area contributed by atoms with E-state index in [9.17, 15) is 0 Å². The summed E-state index contributed by atoms with van der Waals surface area (Å²) in [6.07, 6.45) is 0. The zero-order valence-corrected chi connectivity index (χ0v) is 18.9. The number of fused-ring (bicyclic) bond motifs is 7. The van der Waals surface area contributed by atoms with Crippen LogP contribution in [0.4, 0.5) is 0 Å². The Morgan fingerprint density at radius 1 is 0.529 bits per heavy atom. The fourth-order valence-electron chi connectivity index (χ4n) is 5.24. The van der Waals surface area contributed by atoms with Gasteiger partial charge in [-0.2, -0.15) is 0 Å². The van der Waals surface area contributed by atoms with Crippen molar-refractivity contribution in [3.8, 4) is 17.1 Å². The van der Waals surface area contributed by atoms with Gasteiger partial charge in [-0.3, -0.25) is 4.57 Å². The molecule has 0 aliphatic rings. The molecule has 1 heterocycles. The van der Waals surface area contributed by atoms with Gasteiger partial charge in [-0.15, -0.1) is 0 Å². The zero-order chi connectivity index (χ0) is 22.6. The van der Waals surface area contributed by atoms with Gasteiger partial charge in [0.2, 0.25) is 0 Å². The molecule has 0 radical (unpaired) electrons. The van der Waals surface area contributed by atoms with Gasteiger partial charge >= 0.3 is 0 Å². The van der Waals surface area contributed by atoms with Gasteiger partial charge < -0.3 is 0 Å². The topological polar surface area (TPSA) is 17.8 Å². The van der Waals surface area contributed by atoms with E-state index in [2.05, 4.69) is 127 Å². The molecular formula is C32H22N2. The first kappa shape index (κ1) is 19.1. The minimum absolute atomic E-state index is 0.966. The summed E-state index contributed by atoms with van der Waals surface area (Å²) in [4.78, 5) is 5.34. The van der Waals surface area contributed by atoms with E-state index in [1.54, 1.807) is 0 Å². The highest BCUT2D eigenvalue weighted by Gasteiger charge is 2.20. The van der Waals surface area contributed by atoms with Gasteiger partial charge in [0, 0.05) is 21.7 Å². The fourth-order valence-corrected chi connectivity index (χ4v) is 5.24. The van der Waals surface area contributed by atoms with Gasteiger partial charge in [-0.25, -0.2) is 4.98 Å². The quantitative estimate of drug-likeness (QED) is 0.250. The summed E-state index contributed by atoms with van der Waals surface area (Å²) in [5.74, 6) is 0.966.